The topological polar surface area (TPSA) is 89.5 Å². The third-order valence-electron chi connectivity index (χ3n) is 4.96. The van der Waals surface area contributed by atoms with Crippen molar-refractivity contribution in [2.75, 3.05) is 11.3 Å². The second-order valence-corrected chi connectivity index (χ2v) is 9.04. The molecule has 0 unspecified atom stereocenters. The van der Waals surface area contributed by atoms with Crippen molar-refractivity contribution in [3.8, 4) is 0 Å². The Morgan fingerprint density at radius 1 is 0.844 bits per heavy atom. The van der Waals surface area contributed by atoms with Crippen molar-refractivity contribution in [1.29, 1.82) is 0 Å². The van der Waals surface area contributed by atoms with E-state index in [1.165, 1.54) is 37.3 Å². The van der Waals surface area contributed by atoms with Crippen LogP contribution >= 0.6 is 0 Å². The van der Waals surface area contributed by atoms with Crippen molar-refractivity contribution in [3.63, 3.8) is 0 Å². The highest BCUT2D eigenvalue weighted by molar-refractivity contribution is 7.92. The van der Waals surface area contributed by atoms with E-state index >= 15 is 0 Å². The number of ketones is 1. The zero-order valence-corrected chi connectivity index (χ0v) is 18.6. The maximum Gasteiger partial charge on any atom is 0.338 e. The maximum atomic E-state index is 13.2. The van der Waals surface area contributed by atoms with Gasteiger partial charge in [-0.05, 0) is 86.0 Å². The molecular weight excluding hydrogens is 433 g/mol. The van der Waals surface area contributed by atoms with Gasteiger partial charge >= 0.3 is 5.97 Å². The molecule has 1 N–H and O–H groups in total. The molecule has 0 spiro atoms. The zero-order chi connectivity index (χ0) is 23.5. The molecule has 0 aliphatic carbocycles. The van der Waals surface area contributed by atoms with E-state index in [9.17, 15) is 22.4 Å². The van der Waals surface area contributed by atoms with E-state index in [4.69, 9.17) is 4.74 Å². The van der Waals surface area contributed by atoms with Crippen LogP contribution in [-0.4, -0.2) is 26.8 Å². The zero-order valence-electron chi connectivity index (χ0n) is 17.8. The molecule has 0 aromatic heterocycles. The maximum absolute atomic E-state index is 13.2. The first-order chi connectivity index (χ1) is 15.1. The number of Topliss-reactive ketones (excluding diaryl/α,β-unsaturated/α-hetero) is 1. The average molecular weight is 456 g/mol. The largest absolute Gasteiger partial charge is 0.454 e. The molecule has 0 heterocycles. The van der Waals surface area contributed by atoms with Crippen LogP contribution in [-0.2, 0) is 14.8 Å². The summed E-state index contributed by atoms with van der Waals surface area (Å²) in [5.74, 6) is -1.55. The normalized spacial score (nSPS) is 11.1. The summed E-state index contributed by atoms with van der Waals surface area (Å²) in [5, 5.41) is 0. The summed E-state index contributed by atoms with van der Waals surface area (Å²) in [4.78, 5) is 24.5. The van der Waals surface area contributed by atoms with Gasteiger partial charge in [-0.25, -0.2) is 17.6 Å². The molecule has 166 valence electrons. The van der Waals surface area contributed by atoms with Crippen molar-refractivity contribution in [3.05, 3.63) is 94.3 Å². The lowest BCUT2D eigenvalue weighted by Gasteiger charge is -2.11. The summed E-state index contributed by atoms with van der Waals surface area (Å²) in [7, 11) is -3.93. The lowest BCUT2D eigenvalue weighted by Crippen LogP contribution is -2.15. The van der Waals surface area contributed by atoms with Gasteiger partial charge in [0.2, 0.25) is 0 Å². The number of hydrogen-bond donors (Lipinski definition) is 1. The van der Waals surface area contributed by atoms with Gasteiger partial charge in [0.05, 0.1) is 10.5 Å². The van der Waals surface area contributed by atoms with Crippen LogP contribution in [0.3, 0.4) is 0 Å². The fourth-order valence-corrected chi connectivity index (χ4v) is 4.30. The summed E-state index contributed by atoms with van der Waals surface area (Å²) < 4.78 is 45.8. The Morgan fingerprint density at radius 2 is 1.50 bits per heavy atom. The van der Waals surface area contributed by atoms with Crippen LogP contribution in [0.25, 0.3) is 0 Å². The van der Waals surface area contributed by atoms with Crippen molar-refractivity contribution in [1.82, 2.24) is 0 Å². The Morgan fingerprint density at radius 3 is 2.12 bits per heavy atom. The highest BCUT2D eigenvalue weighted by Gasteiger charge is 2.18. The molecule has 3 rings (SSSR count). The Balaban J connectivity index is 1.64. The standard InChI is InChI=1S/C24H22FNO5S/c1-15-4-5-19(12-16(15)2)22(27)14-31-24(28)18-6-9-21(10-7-18)26-32(29,30)23-11-8-20(25)13-17(23)3/h4-13,26H,14H2,1-3H3. The fourth-order valence-electron chi connectivity index (χ4n) is 3.01. The molecule has 3 aromatic rings. The van der Waals surface area contributed by atoms with Crippen molar-refractivity contribution >= 4 is 27.5 Å². The fraction of sp³-hybridized carbons (Fsp3) is 0.167. The number of carbonyl (C=O) groups is 2. The van der Waals surface area contributed by atoms with Crippen LogP contribution in [0.1, 0.15) is 37.4 Å². The molecule has 0 aliphatic rings. The van der Waals surface area contributed by atoms with Gasteiger partial charge in [0.1, 0.15) is 5.82 Å². The van der Waals surface area contributed by atoms with Crippen LogP contribution in [0.4, 0.5) is 10.1 Å². The summed E-state index contributed by atoms with van der Waals surface area (Å²) in [6, 6.07) is 14.2. The van der Waals surface area contributed by atoms with E-state index in [-0.39, 0.29) is 27.5 Å². The molecular formula is C24H22FNO5S. The molecule has 6 nitrogen and oxygen atoms in total. The molecule has 3 aromatic carbocycles. The number of esters is 1. The monoisotopic (exact) mass is 455 g/mol. The van der Waals surface area contributed by atoms with Crippen LogP contribution in [0.15, 0.2) is 65.6 Å². The van der Waals surface area contributed by atoms with E-state index in [0.29, 0.717) is 5.56 Å². The number of rotatable bonds is 7. The lowest BCUT2D eigenvalue weighted by atomic mass is 10.0. The van der Waals surface area contributed by atoms with Gasteiger partial charge in [0.25, 0.3) is 10.0 Å². The highest BCUT2D eigenvalue weighted by Crippen LogP contribution is 2.21. The number of nitrogens with one attached hydrogen (secondary N) is 1. The molecule has 0 atom stereocenters. The second-order valence-electron chi connectivity index (χ2n) is 7.39. The van der Waals surface area contributed by atoms with Crippen LogP contribution in [0, 0.1) is 26.6 Å². The van der Waals surface area contributed by atoms with E-state index in [0.717, 1.165) is 23.3 Å². The van der Waals surface area contributed by atoms with E-state index in [2.05, 4.69) is 4.72 Å². The Kier molecular flexibility index (Phi) is 6.74. The van der Waals surface area contributed by atoms with E-state index < -0.39 is 28.4 Å². The third kappa shape index (κ3) is 5.39. The first-order valence-electron chi connectivity index (χ1n) is 9.73. The van der Waals surface area contributed by atoms with Gasteiger partial charge in [0, 0.05) is 11.3 Å². The number of aryl methyl sites for hydroxylation is 3. The minimum Gasteiger partial charge on any atom is -0.454 e. The number of ether oxygens (including phenoxy) is 1. The summed E-state index contributed by atoms with van der Waals surface area (Å²) in [6.07, 6.45) is 0. The SMILES string of the molecule is Cc1ccc(C(=O)COC(=O)c2ccc(NS(=O)(=O)c3ccc(F)cc3C)cc2)cc1C. The van der Waals surface area contributed by atoms with Crippen molar-refractivity contribution < 1.29 is 27.1 Å². The number of anilines is 1. The second kappa shape index (κ2) is 9.32. The molecule has 0 saturated heterocycles. The van der Waals surface area contributed by atoms with Crippen LogP contribution < -0.4 is 4.72 Å². The summed E-state index contributed by atoms with van der Waals surface area (Å²) in [6.45, 7) is 4.93. The van der Waals surface area contributed by atoms with Gasteiger partial charge < -0.3 is 4.74 Å². The average Bonchev–Trinajstić information content (AvgIpc) is 2.73. The van der Waals surface area contributed by atoms with Gasteiger partial charge in [-0.1, -0.05) is 12.1 Å². The van der Waals surface area contributed by atoms with E-state index in [1.54, 1.807) is 12.1 Å². The molecule has 0 bridgehead atoms. The summed E-state index contributed by atoms with van der Waals surface area (Å²) >= 11 is 0. The van der Waals surface area contributed by atoms with Gasteiger partial charge in [-0.15, -0.1) is 0 Å². The number of halogens is 1. The minimum absolute atomic E-state index is 0.0489. The lowest BCUT2D eigenvalue weighted by molar-refractivity contribution is 0.0475. The molecule has 8 heteroatoms. The van der Waals surface area contributed by atoms with Crippen molar-refractivity contribution in [2.24, 2.45) is 0 Å². The number of sulfonamides is 1. The van der Waals surface area contributed by atoms with Gasteiger partial charge in [-0.2, -0.15) is 0 Å². The quantitative estimate of drug-likeness (QED) is 0.416. The van der Waals surface area contributed by atoms with Gasteiger partial charge in [0.15, 0.2) is 12.4 Å². The Hall–Kier alpha value is -3.52. The molecule has 0 aliphatic heterocycles. The Bertz CT molecular complexity index is 1280. The Labute approximate surface area is 186 Å². The number of carbonyl (C=O) groups excluding carboxylic acids is 2. The predicted octanol–water partition coefficient (Wildman–Crippen LogP) is 4.59. The first-order valence-corrected chi connectivity index (χ1v) is 11.2. The number of hydrogen-bond acceptors (Lipinski definition) is 5. The van der Waals surface area contributed by atoms with Crippen LogP contribution in [0.5, 0.6) is 0 Å². The summed E-state index contributed by atoms with van der Waals surface area (Å²) in [5.41, 5.74) is 3.14. The molecule has 0 saturated carbocycles. The van der Waals surface area contributed by atoms with Gasteiger partial charge in [-0.3, -0.25) is 9.52 Å². The first kappa shape index (κ1) is 23.1. The molecule has 0 radical (unpaired) electrons. The molecule has 32 heavy (non-hydrogen) atoms. The number of benzene rings is 3. The minimum atomic E-state index is -3.93. The molecule has 0 fully saturated rings. The predicted molar refractivity (Wildman–Crippen MR) is 119 cm³/mol. The van der Waals surface area contributed by atoms with Crippen molar-refractivity contribution in [2.45, 2.75) is 25.7 Å². The third-order valence-corrected chi connectivity index (χ3v) is 6.50. The van der Waals surface area contributed by atoms with Crippen LogP contribution in [0.2, 0.25) is 0 Å². The smallest absolute Gasteiger partial charge is 0.338 e. The molecule has 0 amide bonds. The highest BCUT2D eigenvalue weighted by atomic mass is 32.2. The van der Waals surface area contributed by atoms with E-state index in [1.807, 2.05) is 19.9 Å².